The van der Waals surface area contributed by atoms with Crippen molar-refractivity contribution >= 4 is 32.3 Å². The predicted molar refractivity (Wildman–Crippen MR) is 92.1 cm³/mol. The standard InChI is InChI=1S/C20H16O2/c1-21-19-8-7-15-11-16-9-13-5-3-4-6-14(13)10-17(16)12-18(15)20(19)22-2/h3-12H,1-2H3. The van der Waals surface area contributed by atoms with Crippen molar-refractivity contribution in [2.24, 2.45) is 0 Å². The SMILES string of the molecule is COc1ccc2cc3cc4ccccc4cc3cc2c1OC. The van der Waals surface area contributed by atoms with Gasteiger partial charge in [-0.15, -0.1) is 0 Å². The van der Waals surface area contributed by atoms with Gasteiger partial charge >= 0.3 is 0 Å². The molecule has 4 rings (SSSR count). The molecule has 0 atom stereocenters. The molecule has 0 saturated carbocycles. The van der Waals surface area contributed by atoms with Gasteiger partial charge in [-0.2, -0.15) is 0 Å². The maximum Gasteiger partial charge on any atom is 0.168 e. The third kappa shape index (κ3) is 1.88. The fourth-order valence-electron chi connectivity index (χ4n) is 3.09. The van der Waals surface area contributed by atoms with Gasteiger partial charge in [0, 0.05) is 5.39 Å². The number of ether oxygens (including phenoxy) is 2. The van der Waals surface area contributed by atoms with Crippen LogP contribution in [0.3, 0.4) is 0 Å². The van der Waals surface area contributed by atoms with E-state index in [0.29, 0.717) is 0 Å². The first-order valence-electron chi connectivity index (χ1n) is 7.27. The predicted octanol–water partition coefficient (Wildman–Crippen LogP) is 5.16. The van der Waals surface area contributed by atoms with Gasteiger partial charge in [0.05, 0.1) is 14.2 Å². The van der Waals surface area contributed by atoms with Crippen molar-refractivity contribution in [1.29, 1.82) is 0 Å². The van der Waals surface area contributed by atoms with Crippen LogP contribution < -0.4 is 9.47 Å². The molecular formula is C20H16O2. The van der Waals surface area contributed by atoms with Crippen molar-refractivity contribution in [3.05, 3.63) is 60.7 Å². The number of methoxy groups -OCH3 is 2. The van der Waals surface area contributed by atoms with Crippen molar-refractivity contribution in [3.63, 3.8) is 0 Å². The van der Waals surface area contributed by atoms with E-state index in [4.69, 9.17) is 9.47 Å². The van der Waals surface area contributed by atoms with Gasteiger partial charge in [-0.25, -0.2) is 0 Å². The van der Waals surface area contributed by atoms with Crippen molar-refractivity contribution in [2.45, 2.75) is 0 Å². The molecule has 0 heterocycles. The van der Waals surface area contributed by atoms with Gasteiger partial charge < -0.3 is 9.47 Å². The van der Waals surface area contributed by atoms with Gasteiger partial charge in [0.1, 0.15) is 0 Å². The van der Waals surface area contributed by atoms with Crippen LogP contribution >= 0.6 is 0 Å². The summed E-state index contributed by atoms with van der Waals surface area (Å²) in [5.74, 6) is 1.55. The summed E-state index contributed by atoms with van der Waals surface area (Å²) < 4.78 is 11.0. The monoisotopic (exact) mass is 288 g/mol. The van der Waals surface area contributed by atoms with E-state index in [2.05, 4.69) is 54.6 Å². The van der Waals surface area contributed by atoms with E-state index in [9.17, 15) is 0 Å². The van der Waals surface area contributed by atoms with Crippen molar-refractivity contribution < 1.29 is 9.47 Å². The topological polar surface area (TPSA) is 18.5 Å². The van der Waals surface area contributed by atoms with Gasteiger partial charge in [0.2, 0.25) is 0 Å². The molecule has 0 aromatic heterocycles. The highest BCUT2D eigenvalue weighted by Gasteiger charge is 2.10. The van der Waals surface area contributed by atoms with Crippen molar-refractivity contribution in [1.82, 2.24) is 0 Å². The molecule has 0 radical (unpaired) electrons. The largest absolute Gasteiger partial charge is 0.493 e. The molecule has 0 unspecified atom stereocenters. The van der Waals surface area contributed by atoms with Crippen molar-refractivity contribution in [2.75, 3.05) is 14.2 Å². The summed E-state index contributed by atoms with van der Waals surface area (Å²) in [6, 6.07) is 21.3. The lowest BCUT2D eigenvalue weighted by Crippen LogP contribution is -1.91. The Morgan fingerprint density at radius 3 is 1.86 bits per heavy atom. The molecule has 0 fully saturated rings. The molecule has 4 aromatic carbocycles. The number of rotatable bonds is 2. The quantitative estimate of drug-likeness (QED) is 0.474. The maximum absolute atomic E-state index is 5.56. The normalized spacial score (nSPS) is 11.2. The van der Waals surface area contributed by atoms with Crippen LogP contribution in [0.2, 0.25) is 0 Å². The van der Waals surface area contributed by atoms with E-state index in [1.54, 1.807) is 14.2 Å². The summed E-state index contributed by atoms with van der Waals surface area (Å²) in [6.07, 6.45) is 0. The van der Waals surface area contributed by atoms with Crippen LogP contribution in [0.15, 0.2) is 60.7 Å². The molecule has 0 bridgehead atoms. The fraction of sp³-hybridized carbons (Fsp3) is 0.100. The van der Waals surface area contributed by atoms with Crippen LogP contribution in [0.1, 0.15) is 0 Å². The molecule has 2 heteroatoms. The van der Waals surface area contributed by atoms with E-state index in [-0.39, 0.29) is 0 Å². The van der Waals surface area contributed by atoms with E-state index >= 15 is 0 Å². The second-order valence-corrected chi connectivity index (χ2v) is 5.42. The molecule has 0 saturated heterocycles. The van der Waals surface area contributed by atoms with E-state index in [1.165, 1.54) is 21.5 Å². The highest BCUT2D eigenvalue weighted by molar-refractivity contribution is 6.06. The van der Waals surface area contributed by atoms with Crippen LogP contribution in [0.5, 0.6) is 11.5 Å². The van der Waals surface area contributed by atoms with Crippen LogP contribution in [0.25, 0.3) is 32.3 Å². The van der Waals surface area contributed by atoms with E-state index in [0.717, 1.165) is 22.3 Å². The van der Waals surface area contributed by atoms with Crippen LogP contribution in [-0.4, -0.2) is 14.2 Å². The third-order valence-electron chi connectivity index (χ3n) is 4.18. The molecule has 0 aliphatic carbocycles. The summed E-state index contributed by atoms with van der Waals surface area (Å²) >= 11 is 0. The zero-order valence-electron chi connectivity index (χ0n) is 12.6. The number of hydrogen-bond donors (Lipinski definition) is 0. The van der Waals surface area contributed by atoms with Gasteiger partial charge in [-0.1, -0.05) is 30.3 Å². The minimum Gasteiger partial charge on any atom is -0.493 e. The molecule has 22 heavy (non-hydrogen) atoms. The highest BCUT2D eigenvalue weighted by atomic mass is 16.5. The zero-order chi connectivity index (χ0) is 15.1. The first-order valence-corrected chi connectivity index (χ1v) is 7.27. The Balaban J connectivity index is 2.12. The number of benzene rings is 4. The maximum atomic E-state index is 5.56. The van der Waals surface area contributed by atoms with Crippen LogP contribution in [0.4, 0.5) is 0 Å². The Morgan fingerprint density at radius 2 is 1.23 bits per heavy atom. The summed E-state index contributed by atoms with van der Waals surface area (Å²) in [4.78, 5) is 0. The summed E-state index contributed by atoms with van der Waals surface area (Å²) in [7, 11) is 3.35. The minimum atomic E-state index is 0.759. The molecular weight excluding hydrogens is 272 g/mol. The Kier molecular flexibility index (Phi) is 2.90. The van der Waals surface area contributed by atoms with Crippen LogP contribution in [0, 0.1) is 0 Å². The first kappa shape index (κ1) is 13.0. The Bertz CT molecular complexity index is 1000. The molecule has 108 valence electrons. The lowest BCUT2D eigenvalue weighted by Gasteiger charge is -2.12. The molecule has 0 aliphatic rings. The van der Waals surface area contributed by atoms with Crippen LogP contribution in [-0.2, 0) is 0 Å². The average molecular weight is 288 g/mol. The third-order valence-corrected chi connectivity index (χ3v) is 4.18. The second kappa shape index (κ2) is 4.92. The van der Waals surface area contributed by atoms with E-state index < -0.39 is 0 Å². The lowest BCUT2D eigenvalue weighted by atomic mass is 9.99. The number of hydrogen-bond acceptors (Lipinski definition) is 2. The molecule has 2 nitrogen and oxygen atoms in total. The van der Waals surface area contributed by atoms with Gasteiger partial charge in [-0.05, 0) is 57.3 Å². The summed E-state index contributed by atoms with van der Waals surface area (Å²) in [5.41, 5.74) is 0. The molecule has 0 amide bonds. The Labute approximate surface area is 128 Å². The molecule has 4 aromatic rings. The van der Waals surface area contributed by atoms with Crippen molar-refractivity contribution in [3.8, 4) is 11.5 Å². The van der Waals surface area contributed by atoms with E-state index in [1.807, 2.05) is 6.07 Å². The molecule has 0 spiro atoms. The van der Waals surface area contributed by atoms with Gasteiger partial charge in [0.15, 0.2) is 11.5 Å². The van der Waals surface area contributed by atoms with Gasteiger partial charge in [-0.3, -0.25) is 0 Å². The minimum absolute atomic E-state index is 0.759. The first-order chi connectivity index (χ1) is 10.8. The molecule has 0 aliphatic heterocycles. The second-order valence-electron chi connectivity index (χ2n) is 5.42. The molecule has 0 N–H and O–H groups in total. The lowest BCUT2D eigenvalue weighted by molar-refractivity contribution is 0.358. The highest BCUT2D eigenvalue weighted by Crippen LogP contribution is 2.38. The summed E-state index contributed by atoms with van der Waals surface area (Å²) in [5, 5.41) is 7.17. The fourth-order valence-corrected chi connectivity index (χ4v) is 3.09. The smallest absolute Gasteiger partial charge is 0.168 e. The summed E-state index contributed by atoms with van der Waals surface area (Å²) in [6.45, 7) is 0. The average Bonchev–Trinajstić information content (AvgIpc) is 2.57. The number of fused-ring (bicyclic) bond motifs is 3. The van der Waals surface area contributed by atoms with Gasteiger partial charge in [0.25, 0.3) is 0 Å². The Hall–Kier alpha value is -2.74. The Morgan fingerprint density at radius 1 is 0.591 bits per heavy atom. The zero-order valence-corrected chi connectivity index (χ0v) is 12.6.